The Balaban J connectivity index is 2.09. The average Bonchev–Trinajstić information content (AvgIpc) is 3.22. The largest absolute Gasteiger partial charge is 0.481 e. The van der Waals surface area contributed by atoms with Crippen LogP contribution in [0, 0.1) is 6.92 Å². The van der Waals surface area contributed by atoms with E-state index in [2.05, 4.69) is 29.7 Å². The van der Waals surface area contributed by atoms with Crippen molar-refractivity contribution in [1.29, 1.82) is 0 Å². The summed E-state index contributed by atoms with van der Waals surface area (Å²) in [5, 5.41) is 6.18. The summed E-state index contributed by atoms with van der Waals surface area (Å²) in [6.45, 7) is 5.90. The lowest BCUT2D eigenvalue weighted by Gasteiger charge is -2.20. The zero-order chi connectivity index (χ0) is 14.7. The second kappa shape index (κ2) is 6.27. The van der Waals surface area contributed by atoms with Gasteiger partial charge in [0.2, 0.25) is 0 Å². The number of benzene rings is 1. The maximum atomic E-state index is 12.0. The van der Waals surface area contributed by atoms with E-state index in [9.17, 15) is 4.79 Å². The standard InChI is InChI=1S/C16H24N2O2/c1-10-5-8-14(11(2)17-4)15(9-10)20-12(3)16(19)18-13-6-7-13/h5,8-9,11-13,17H,6-7H2,1-4H3,(H,18,19). The Morgan fingerprint density at radius 3 is 2.65 bits per heavy atom. The lowest BCUT2D eigenvalue weighted by Crippen LogP contribution is -2.37. The number of rotatable bonds is 6. The Labute approximate surface area is 120 Å². The number of amides is 1. The fourth-order valence-electron chi connectivity index (χ4n) is 2.05. The van der Waals surface area contributed by atoms with Gasteiger partial charge >= 0.3 is 0 Å². The third-order valence-electron chi connectivity index (χ3n) is 3.67. The van der Waals surface area contributed by atoms with Crippen LogP contribution in [0.1, 0.15) is 43.9 Å². The van der Waals surface area contributed by atoms with Crippen LogP contribution < -0.4 is 15.4 Å². The van der Waals surface area contributed by atoms with Gasteiger partial charge in [-0.25, -0.2) is 0 Å². The minimum atomic E-state index is -0.472. The Kier molecular flexibility index (Phi) is 4.65. The first-order chi connectivity index (χ1) is 9.51. The summed E-state index contributed by atoms with van der Waals surface area (Å²) < 4.78 is 5.89. The Hall–Kier alpha value is -1.55. The van der Waals surface area contributed by atoms with Crippen molar-refractivity contribution < 1.29 is 9.53 Å². The molecule has 1 fully saturated rings. The molecule has 4 nitrogen and oxygen atoms in total. The Morgan fingerprint density at radius 2 is 2.05 bits per heavy atom. The molecule has 1 aliphatic carbocycles. The van der Waals surface area contributed by atoms with Gasteiger partial charge in [0, 0.05) is 17.6 Å². The molecule has 0 heterocycles. The molecule has 2 unspecified atom stereocenters. The van der Waals surface area contributed by atoms with Crippen LogP contribution in [0.15, 0.2) is 18.2 Å². The zero-order valence-corrected chi connectivity index (χ0v) is 12.7. The van der Waals surface area contributed by atoms with E-state index in [1.54, 1.807) is 6.92 Å². The van der Waals surface area contributed by atoms with Crippen LogP contribution in [0.3, 0.4) is 0 Å². The van der Waals surface area contributed by atoms with Crippen molar-refractivity contribution in [3.8, 4) is 5.75 Å². The molecule has 0 bridgehead atoms. The van der Waals surface area contributed by atoms with E-state index in [1.807, 2.05) is 20.0 Å². The van der Waals surface area contributed by atoms with Gasteiger partial charge < -0.3 is 15.4 Å². The minimum Gasteiger partial charge on any atom is -0.481 e. The van der Waals surface area contributed by atoms with Crippen molar-refractivity contribution in [3.63, 3.8) is 0 Å². The van der Waals surface area contributed by atoms with Crippen molar-refractivity contribution in [2.75, 3.05) is 7.05 Å². The number of nitrogens with one attached hydrogen (secondary N) is 2. The number of hydrogen-bond donors (Lipinski definition) is 2. The maximum absolute atomic E-state index is 12.0. The van der Waals surface area contributed by atoms with Crippen molar-refractivity contribution in [2.45, 2.75) is 51.8 Å². The van der Waals surface area contributed by atoms with Gasteiger partial charge in [0.05, 0.1) is 0 Å². The van der Waals surface area contributed by atoms with Crippen LogP contribution in [0.25, 0.3) is 0 Å². The molecule has 0 radical (unpaired) electrons. The van der Waals surface area contributed by atoms with Crippen molar-refractivity contribution >= 4 is 5.91 Å². The number of aryl methyl sites for hydroxylation is 1. The molecule has 0 aromatic heterocycles. The second-order valence-electron chi connectivity index (χ2n) is 5.59. The number of ether oxygens (including phenoxy) is 1. The van der Waals surface area contributed by atoms with Crippen molar-refractivity contribution in [3.05, 3.63) is 29.3 Å². The molecular formula is C16H24N2O2. The fourth-order valence-corrected chi connectivity index (χ4v) is 2.05. The predicted octanol–water partition coefficient (Wildman–Crippen LogP) is 2.32. The normalized spacial score (nSPS) is 17.4. The summed E-state index contributed by atoms with van der Waals surface area (Å²) in [5.74, 6) is 0.752. The molecule has 0 saturated heterocycles. The SMILES string of the molecule is CNC(C)c1ccc(C)cc1OC(C)C(=O)NC1CC1. The van der Waals surface area contributed by atoms with Gasteiger partial charge in [0.25, 0.3) is 5.91 Å². The van der Waals surface area contributed by atoms with E-state index in [1.165, 1.54) is 0 Å². The van der Waals surface area contributed by atoms with Gasteiger partial charge in [-0.2, -0.15) is 0 Å². The first-order valence-electron chi connectivity index (χ1n) is 7.26. The third kappa shape index (κ3) is 3.73. The molecule has 1 aliphatic rings. The van der Waals surface area contributed by atoms with Gasteiger partial charge in [0.1, 0.15) is 5.75 Å². The fraction of sp³-hybridized carbons (Fsp3) is 0.562. The van der Waals surface area contributed by atoms with Gasteiger partial charge in [-0.05, 0) is 52.3 Å². The lowest BCUT2D eigenvalue weighted by atomic mass is 10.1. The molecule has 20 heavy (non-hydrogen) atoms. The highest BCUT2D eigenvalue weighted by molar-refractivity contribution is 5.81. The molecule has 1 aromatic carbocycles. The first-order valence-corrected chi connectivity index (χ1v) is 7.26. The van der Waals surface area contributed by atoms with Gasteiger partial charge in [-0.1, -0.05) is 12.1 Å². The highest BCUT2D eigenvalue weighted by Crippen LogP contribution is 2.27. The highest BCUT2D eigenvalue weighted by atomic mass is 16.5. The van der Waals surface area contributed by atoms with Crippen molar-refractivity contribution in [2.24, 2.45) is 0 Å². The van der Waals surface area contributed by atoms with E-state index < -0.39 is 6.10 Å². The van der Waals surface area contributed by atoms with E-state index >= 15 is 0 Å². The quantitative estimate of drug-likeness (QED) is 0.838. The second-order valence-corrected chi connectivity index (χ2v) is 5.59. The third-order valence-corrected chi connectivity index (χ3v) is 3.67. The van der Waals surface area contributed by atoms with E-state index in [0.29, 0.717) is 6.04 Å². The topological polar surface area (TPSA) is 50.4 Å². The van der Waals surface area contributed by atoms with Gasteiger partial charge in [0.15, 0.2) is 6.10 Å². The smallest absolute Gasteiger partial charge is 0.260 e. The molecule has 0 spiro atoms. The van der Waals surface area contributed by atoms with Crippen LogP contribution in [0.2, 0.25) is 0 Å². The summed E-state index contributed by atoms with van der Waals surface area (Å²) in [7, 11) is 1.91. The molecule has 1 aromatic rings. The van der Waals surface area contributed by atoms with Gasteiger partial charge in [-0.3, -0.25) is 4.79 Å². The summed E-state index contributed by atoms with van der Waals surface area (Å²) in [6.07, 6.45) is 1.70. The van der Waals surface area contributed by atoms with Crippen LogP contribution in [0.4, 0.5) is 0 Å². The lowest BCUT2D eigenvalue weighted by molar-refractivity contribution is -0.127. The van der Waals surface area contributed by atoms with Crippen LogP contribution >= 0.6 is 0 Å². The molecule has 110 valence electrons. The number of hydrogen-bond acceptors (Lipinski definition) is 3. The van der Waals surface area contributed by atoms with Crippen LogP contribution in [0.5, 0.6) is 5.75 Å². The Morgan fingerprint density at radius 1 is 1.35 bits per heavy atom. The van der Waals surface area contributed by atoms with E-state index in [-0.39, 0.29) is 11.9 Å². The average molecular weight is 276 g/mol. The monoisotopic (exact) mass is 276 g/mol. The molecule has 4 heteroatoms. The summed E-state index contributed by atoms with van der Waals surface area (Å²) >= 11 is 0. The van der Waals surface area contributed by atoms with Crippen LogP contribution in [-0.2, 0) is 4.79 Å². The molecule has 1 amide bonds. The zero-order valence-electron chi connectivity index (χ0n) is 12.7. The minimum absolute atomic E-state index is 0.0305. The summed E-state index contributed by atoms with van der Waals surface area (Å²) in [4.78, 5) is 12.0. The molecule has 2 N–H and O–H groups in total. The maximum Gasteiger partial charge on any atom is 0.260 e. The van der Waals surface area contributed by atoms with E-state index in [0.717, 1.165) is 29.7 Å². The van der Waals surface area contributed by atoms with Crippen molar-refractivity contribution in [1.82, 2.24) is 10.6 Å². The summed E-state index contributed by atoms with van der Waals surface area (Å²) in [6, 6.07) is 6.65. The van der Waals surface area contributed by atoms with E-state index in [4.69, 9.17) is 4.74 Å². The molecule has 2 atom stereocenters. The highest BCUT2D eigenvalue weighted by Gasteiger charge is 2.26. The summed E-state index contributed by atoms with van der Waals surface area (Å²) in [5.41, 5.74) is 2.20. The molecular weight excluding hydrogens is 252 g/mol. The first kappa shape index (κ1) is 14.9. The molecule has 0 aliphatic heterocycles. The van der Waals surface area contributed by atoms with Crippen LogP contribution in [-0.4, -0.2) is 25.1 Å². The van der Waals surface area contributed by atoms with Gasteiger partial charge in [-0.15, -0.1) is 0 Å². The predicted molar refractivity (Wildman–Crippen MR) is 79.9 cm³/mol. The molecule has 1 saturated carbocycles. The number of carbonyl (C=O) groups excluding carboxylic acids is 1. The number of carbonyl (C=O) groups is 1. The molecule has 2 rings (SSSR count). The Bertz CT molecular complexity index is 483.